The summed E-state index contributed by atoms with van der Waals surface area (Å²) >= 11 is 6.24. The lowest BCUT2D eigenvalue weighted by Gasteiger charge is -2.14. The van der Waals surface area contributed by atoms with E-state index in [-0.39, 0.29) is 12.0 Å². The van der Waals surface area contributed by atoms with Crippen LogP contribution in [0.5, 0.6) is 0 Å². The Morgan fingerprint density at radius 2 is 2.15 bits per heavy atom. The molecular formula is C19H22ClN5O. The van der Waals surface area contributed by atoms with Crippen molar-refractivity contribution in [3.8, 4) is 5.69 Å². The normalized spacial score (nSPS) is 20.7. The summed E-state index contributed by atoms with van der Waals surface area (Å²) in [7, 11) is 0. The van der Waals surface area contributed by atoms with Crippen molar-refractivity contribution in [1.82, 2.24) is 24.9 Å². The summed E-state index contributed by atoms with van der Waals surface area (Å²) in [6.07, 6.45) is 4.32. The standard InChI is InChI=1S/C19H22ClN5O/c1-13-6-16(23-22-13)7-15-11-24(12-19(15)26)9-14-8-21-25(10-14)18-5-3-2-4-17(18)20/h2-6,8,10,15,19,26H,7,9,11-12H2,1H3,(H,22,23)/t15-,19-/m1/s1. The minimum absolute atomic E-state index is 0.205. The Labute approximate surface area is 157 Å². The fourth-order valence-corrected chi connectivity index (χ4v) is 3.81. The van der Waals surface area contributed by atoms with Gasteiger partial charge in [0.15, 0.2) is 0 Å². The molecule has 1 fully saturated rings. The van der Waals surface area contributed by atoms with Gasteiger partial charge in [0, 0.05) is 43.0 Å². The van der Waals surface area contributed by atoms with Gasteiger partial charge in [-0.2, -0.15) is 10.2 Å². The number of aryl methyl sites for hydroxylation is 1. The molecule has 1 saturated heterocycles. The number of benzene rings is 1. The van der Waals surface area contributed by atoms with Crippen LogP contribution in [0.25, 0.3) is 5.69 Å². The van der Waals surface area contributed by atoms with Crippen molar-refractivity contribution >= 4 is 11.6 Å². The van der Waals surface area contributed by atoms with Crippen LogP contribution >= 0.6 is 11.6 Å². The van der Waals surface area contributed by atoms with Crippen LogP contribution in [0.2, 0.25) is 5.02 Å². The third kappa shape index (κ3) is 3.67. The van der Waals surface area contributed by atoms with Crippen LogP contribution in [-0.2, 0) is 13.0 Å². The van der Waals surface area contributed by atoms with Crippen molar-refractivity contribution in [2.45, 2.75) is 26.0 Å². The zero-order valence-electron chi connectivity index (χ0n) is 14.6. The number of hydrogen-bond acceptors (Lipinski definition) is 4. The summed E-state index contributed by atoms with van der Waals surface area (Å²) in [6.45, 7) is 4.28. The molecule has 7 heteroatoms. The number of likely N-dealkylation sites (tertiary alicyclic amines) is 1. The minimum Gasteiger partial charge on any atom is -0.391 e. The summed E-state index contributed by atoms with van der Waals surface area (Å²) in [5, 5.41) is 22.8. The van der Waals surface area contributed by atoms with Crippen LogP contribution in [0.1, 0.15) is 17.0 Å². The number of para-hydroxylation sites is 1. The van der Waals surface area contributed by atoms with E-state index >= 15 is 0 Å². The van der Waals surface area contributed by atoms with Crippen molar-refractivity contribution in [1.29, 1.82) is 0 Å². The van der Waals surface area contributed by atoms with Gasteiger partial charge in [0.25, 0.3) is 0 Å². The maximum Gasteiger partial charge on any atom is 0.0831 e. The summed E-state index contributed by atoms with van der Waals surface area (Å²) in [4.78, 5) is 2.27. The molecule has 1 aliphatic heterocycles. The Kier molecular flexibility index (Phi) is 4.80. The fourth-order valence-electron chi connectivity index (χ4n) is 3.59. The summed E-state index contributed by atoms with van der Waals surface area (Å²) < 4.78 is 1.80. The lowest BCUT2D eigenvalue weighted by atomic mass is 10.0. The van der Waals surface area contributed by atoms with Crippen molar-refractivity contribution < 1.29 is 5.11 Å². The van der Waals surface area contributed by atoms with E-state index in [9.17, 15) is 5.11 Å². The number of aromatic amines is 1. The Morgan fingerprint density at radius 1 is 1.31 bits per heavy atom. The number of halogens is 1. The first-order chi connectivity index (χ1) is 12.6. The van der Waals surface area contributed by atoms with Gasteiger partial charge >= 0.3 is 0 Å². The third-order valence-corrected chi connectivity index (χ3v) is 5.17. The second-order valence-corrected chi connectivity index (χ2v) is 7.42. The van der Waals surface area contributed by atoms with Gasteiger partial charge in [-0.3, -0.25) is 10.00 Å². The van der Waals surface area contributed by atoms with Crippen molar-refractivity contribution in [2.75, 3.05) is 13.1 Å². The molecular weight excluding hydrogens is 350 g/mol. The molecule has 0 saturated carbocycles. The second kappa shape index (κ2) is 7.23. The highest BCUT2D eigenvalue weighted by molar-refractivity contribution is 6.32. The Hall–Kier alpha value is -2.15. The van der Waals surface area contributed by atoms with Gasteiger partial charge in [-0.05, 0) is 31.5 Å². The predicted octanol–water partition coefficient (Wildman–Crippen LogP) is 2.59. The number of aromatic nitrogens is 4. The van der Waals surface area contributed by atoms with E-state index in [4.69, 9.17) is 11.6 Å². The third-order valence-electron chi connectivity index (χ3n) is 4.85. The molecule has 6 nitrogen and oxygen atoms in total. The molecule has 2 atom stereocenters. The monoisotopic (exact) mass is 371 g/mol. The van der Waals surface area contributed by atoms with Crippen molar-refractivity contribution in [3.63, 3.8) is 0 Å². The highest BCUT2D eigenvalue weighted by atomic mass is 35.5. The molecule has 1 aromatic carbocycles. The summed E-state index contributed by atoms with van der Waals surface area (Å²) in [6, 6.07) is 9.70. The molecule has 0 radical (unpaired) electrons. The van der Waals surface area contributed by atoms with Gasteiger partial charge < -0.3 is 5.11 Å². The van der Waals surface area contributed by atoms with Crippen LogP contribution in [0.4, 0.5) is 0 Å². The number of nitrogens with zero attached hydrogens (tertiary/aromatic N) is 4. The van der Waals surface area contributed by atoms with Gasteiger partial charge in [0.05, 0.1) is 28.7 Å². The van der Waals surface area contributed by atoms with Gasteiger partial charge in [0.2, 0.25) is 0 Å². The quantitative estimate of drug-likeness (QED) is 0.723. The molecule has 4 rings (SSSR count). The fraction of sp³-hybridized carbons (Fsp3) is 0.368. The Balaban J connectivity index is 1.40. The van der Waals surface area contributed by atoms with E-state index in [1.807, 2.05) is 49.6 Å². The average Bonchev–Trinajstić information content (AvgIpc) is 3.31. The molecule has 3 heterocycles. The molecule has 0 aliphatic carbocycles. The SMILES string of the molecule is Cc1cc(C[C@@H]2CN(Cc3cnn(-c4ccccc4Cl)c3)C[C@H]2O)n[nH]1. The first-order valence-corrected chi connectivity index (χ1v) is 9.16. The first-order valence-electron chi connectivity index (χ1n) is 8.78. The van der Waals surface area contributed by atoms with Gasteiger partial charge in [0.1, 0.15) is 0 Å². The number of hydrogen-bond donors (Lipinski definition) is 2. The number of aliphatic hydroxyl groups is 1. The molecule has 1 aliphatic rings. The smallest absolute Gasteiger partial charge is 0.0831 e. The van der Waals surface area contributed by atoms with E-state index in [2.05, 4.69) is 20.2 Å². The predicted molar refractivity (Wildman–Crippen MR) is 100 cm³/mol. The molecule has 136 valence electrons. The van der Waals surface area contributed by atoms with Gasteiger partial charge in [-0.1, -0.05) is 23.7 Å². The minimum atomic E-state index is -0.328. The maximum absolute atomic E-state index is 10.4. The van der Waals surface area contributed by atoms with Crippen LogP contribution in [-0.4, -0.2) is 49.2 Å². The molecule has 0 unspecified atom stereocenters. The number of nitrogens with one attached hydrogen (secondary N) is 1. The number of rotatable bonds is 5. The van der Waals surface area contributed by atoms with Crippen LogP contribution in [0.15, 0.2) is 42.7 Å². The molecule has 2 N–H and O–H groups in total. The number of H-pyrrole nitrogens is 1. The first kappa shape index (κ1) is 17.3. The molecule has 2 aromatic heterocycles. The number of aliphatic hydroxyl groups excluding tert-OH is 1. The highest BCUT2D eigenvalue weighted by Gasteiger charge is 2.31. The summed E-state index contributed by atoms with van der Waals surface area (Å²) in [5.41, 5.74) is 4.04. The van der Waals surface area contributed by atoms with Crippen molar-refractivity contribution in [3.05, 3.63) is 64.7 Å². The highest BCUT2D eigenvalue weighted by Crippen LogP contribution is 2.24. The van der Waals surface area contributed by atoms with Crippen molar-refractivity contribution in [2.24, 2.45) is 5.92 Å². The van der Waals surface area contributed by atoms with Gasteiger partial charge in [-0.25, -0.2) is 4.68 Å². The van der Waals surface area contributed by atoms with E-state index in [1.54, 1.807) is 4.68 Å². The number of β-amino-alcohol motifs (C(OH)–C–C–N with tert-alkyl or cyclic N) is 1. The van der Waals surface area contributed by atoms with E-state index in [0.29, 0.717) is 11.6 Å². The molecule has 26 heavy (non-hydrogen) atoms. The van der Waals surface area contributed by atoms with Crippen LogP contribution in [0.3, 0.4) is 0 Å². The Morgan fingerprint density at radius 3 is 2.92 bits per heavy atom. The topological polar surface area (TPSA) is 70.0 Å². The lowest BCUT2D eigenvalue weighted by Crippen LogP contribution is -2.21. The largest absolute Gasteiger partial charge is 0.391 e. The maximum atomic E-state index is 10.4. The van der Waals surface area contributed by atoms with Crippen LogP contribution in [0, 0.1) is 12.8 Å². The molecule has 0 amide bonds. The zero-order chi connectivity index (χ0) is 18.1. The lowest BCUT2D eigenvalue weighted by molar-refractivity contribution is 0.140. The van der Waals surface area contributed by atoms with E-state index in [1.165, 1.54) is 0 Å². The molecule has 0 bridgehead atoms. The zero-order valence-corrected chi connectivity index (χ0v) is 15.4. The summed E-state index contributed by atoms with van der Waals surface area (Å²) in [5.74, 6) is 0.205. The van der Waals surface area contributed by atoms with Crippen LogP contribution < -0.4 is 0 Å². The van der Waals surface area contributed by atoms with E-state index in [0.717, 1.165) is 42.1 Å². The van der Waals surface area contributed by atoms with Gasteiger partial charge in [-0.15, -0.1) is 0 Å². The average molecular weight is 372 g/mol. The second-order valence-electron chi connectivity index (χ2n) is 7.01. The molecule has 3 aromatic rings. The van der Waals surface area contributed by atoms with E-state index < -0.39 is 0 Å². The Bertz CT molecular complexity index is 889. The molecule has 0 spiro atoms.